The van der Waals surface area contributed by atoms with E-state index in [0.717, 1.165) is 59.1 Å². The molecule has 0 amide bonds. The molecule has 1 atom stereocenters. The Balaban J connectivity index is 1.35. The van der Waals surface area contributed by atoms with Gasteiger partial charge < -0.3 is 14.0 Å². The second kappa shape index (κ2) is 13.4. The second-order valence-corrected chi connectivity index (χ2v) is 14.5. The van der Waals surface area contributed by atoms with E-state index in [-0.39, 0.29) is 22.5 Å². The van der Waals surface area contributed by atoms with E-state index in [1.165, 1.54) is 37.0 Å². The van der Waals surface area contributed by atoms with Crippen molar-refractivity contribution in [1.82, 2.24) is 4.72 Å². The zero-order chi connectivity index (χ0) is 32.3. The fourth-order valence-electron chi connectivity index (χ4n) is 6.68. The number of benzene rings is 3. The highest BCUT2D eigenvalue weighted by atomic mass is 32.2. The molecule has 6 rings (SSSR count). The zero-order valence-corrected chi connectivity index (χ0v) is 27.6. The summed E-state index contributed by atoms with van der Waals surface area (Å²) in [5, 5.41) is 5.20. The van der Waals surface area contributed by atoms with E-state index in [4.69, 9.17) is 14.0 Å². The molecule has 0 radical (unpaired) electrons. The van der Waals surface area contributed by atoms with Gasteiger partial charge in [0, 0.05) is 23.4 Å². The summed E-state index contributed by atoms with van der Waals surface area (Å²) in [5.41, 5.74) is 5.59. The molecule has 1 aliphatic heterocycles. The molecular weight excluding hydrogens is 600 g/mol. The molecule has 1 unspecified atom stereocenters. The number of aryl methyl sites for hydroxylation is 3. The van der Waals surface area contributed by atoms with Crippen LogP contribution in [0, 0.1) is 13.8 Å². The molecule has 3 aromatic carbocycles. The van der Waals surface area contributed by atoms with E-state index in [1.54, 1.807) is 12.1 Å². The summed E-state index contributed by atoms with van der Waals surface area (Å²) in [6.45, 7) is 5.78. The fourth-order valence-corrected chi connectivity index (χ4v) is 7.89. The fraction of sp³-hybridized carbons (Fsp3) is 0.405. The number of hydrogen-bond donors (Lipinski definition) is 1. The van der Waals surface area contributed by atoms with Crippen molar-refractivity contribution in [3.05, 3.63) is 100 Å². The Morgan fingerprint density at radius 2 is 1.74 bits per heavy atom. The number of fused-ring (bicyclic) bond motifs is 2. The molecule has 0 bridgehead atoms. The molecule has 2 heterocycles. The molecule has 1 aliphatic carbocycles. The first kappa shape index (κ1) is 32.0. The van der Waals surface area contributed by atoms with Gasteiger partial charge in [-0.2, -0.15) is 4.72 Å². The Bertz CT molecular complexity index is 1890. The van der Waals surface area contributed by atoms with E-state index >= 15 is 0 Å². The van der Waals surface area contributed by atoms with Gasteiger partial charge in [-0.05, 0) is 98.8 Å². The molecule has 9 heteroatoms. The molecule has 2 aliphatic rings. The monoisotopic (exact) mass is 642 g/mol. The highest BCUT2D eigenvalue weighted by Crippen LogP contribution is 2.43. The van der Waals surface area contributed by atoms with Gasteiger partial charge in [-0.25, -0.2) is 13.2 Å². The van der Waals surface area contributed by atoms with Crippen molar-refractivity contribution in [2.45, 2.75) is 102 Å². The van der Waals surface area contributed by atoms with Crippen molar-refractivity contribution in [2.24, 2.45) is 5.16 Å². The Morgan fingerprint density at radius 3 is 2.46 bits per heavy atom. The lowest BCUT2D eigenvalue weighted by molar-refractivity contribution is -0.146. The lowest BCUT2D eigenvalue weighted by Gasteiger charge is -2.41. The van der Waals surface area contributed by atoms with Gasteiger partial charge in [0.1, 0.15) is 23.0 Å². The molecule has 1 fully saturated rings. The summed E-state index contributed by atoms with van der Waals surface area (Å²) in [5.74, 6) is 0.0419. The van der Waals surface area contributed by atoms with E-state index in [0.29, 0.717) is 18.4 Å². The first-order valence-electron chi connectivity index (χ1n) is 16.3. The molecule has 1 aromatic heterocycles. The van der Waals surface area contributed by atoms with E-state index in [2.05, 4.69) is 15.9 Å². The van der Waals surface area contributed by atoms with Gasteiger partial charge in [-0.1, -0.05) is 67.8 Å². The van der Waals surface area contributed by atoms with E-state index in [9.17, 15) is 13.2 Å². The average Bonchev–Trinajstić information content (AvgIpc) is 3.05. The lowest BCUT2D eigenvalue weighted by Crippen LogP contribution is -2.41. The van der Waals surface area contributed by atoms with Crippen LogP contribution >= 0.6 is 0 Å². The summed E-state index contributed by atoms with van der Waals surface area (Å²) in [6, 6.07) is 19.4. The second-order valence-electron chi connectivity index (χ2n) is 12.8. The quantitative estimate of drug-likeness (QED) is 0.153. The third-order valence-corrected chi connectivity index (χ3v) is 10.8. The molecule has 8 nitrogen and oxygen atoms in total. The number of rotatable bonds is 9. The summed E-state index contributed by atoms with van der Waals surface area (Å²) in [7, 11) is -3.96. The number of carbonyl (C=O) groups is 1. The standard InChI is InChI=1S/C37H42N2O6S/c1-4-11-32(39-46(41,42)29-16-14-25(2)15-17-29)36(40)45-38-35-31(22-27-12-7-5-8-13-27)26(3)30-23-28-18-21-37(19-9-6-10-20-37)44-33(28)24-34(30)43-35/h5,7-8,12-17,23-24,32,39H,4,6,9-11,18-22H2,1-3H3. The van der Waals surface area contributed by atoms with Crippen LogP contribution in [0.25, 0.3) is 11.0 Å². The topological polar surface area (TPSA) is 107 Å². The Labute approximate surface area is 270 Å². The minimum atomic E-state index is -3.96. The van der Waals surface area contributed by atoms with Gasteiger partial charge in [0.25, 0.3) is 5.55 Å². The molecule has 1 spiro atoms. The van der Waals surface area contributed by atoms with Gasteiger partial charge in [0.05, 0.1) is 4.90 Å². The third kappa shape index (κ3) is 6.90. The van der Waals surface area contributed by atoms with E-state index in [1.807, 2.05) is 57.2 Å². The largest absolute Gasteiger partial charge is 0.487 e. The molecule has 0 saturated heterocycles. The Hall–Kier alpha value is -3.95. The zero-order valence-electron chi connectivity index (χ0n) is 26.8. The smallest absolute Gasteiger partial charge is 0.352 e. The molecule has 242 valence electrons. The summed E-state index contributed by atoms with van der Waals surface area (Å²) in [6.07, 6.45) is 9.06. The number of hydrogen-bond acceptors (Lipinski definition) is 7. The summed E-state index contributed by atoms with van der Waals surface area (Å²) >= 11 is 0. The molecule has 1 N–H and O–H groups in total. The maximum absolute atomic E-state index is 13.3. The summed E-state index contributed by atoms with van der Waals surface area (Å²) in [4.78, 5) is 18.9. The van der Waals surface area contributed by atoms with Gasteiger partial charge in [0.2, 0.25) is 10.0 Å². The maximum atomic E-state index is 13.3. The normalized spacial score (nSPS) is 17.0. The first-order chi connectivity index (χ1) is 22.2. The number of ether oxygens (including phenoxy) is 1. The van der Waals surface area contributed by atoms with Gasteiger partial charge in [-0.3, -0.25) is 0 Å². The van der Waals surface area contributed by atoms with Gasteiger partial charge in [-0.15, -0.1) is 0 Å². The molecule has 46 heavy (non-hydrogen) atoms. The Morgan fingerprint density at radius 1 is 1.00 bits per heavy atom. The third-order valence-electron chi connectivity index (χ3n) is 9.36. The predicted molar refractivity (Wildman–Crippen MR) is 177 cm³/mol. The van der Waals surface area contributed by atoms with Gasteiger partial charge in [0.15, 0.2) is 0 Å². The van der Waals surface area contributed by atoms with E-state index < -0.39 is 22.0 Å². The van der Waals surface area contributed by atoms with Crippen LogP contribution in [0.5, 0.6) is 5.75 Å². The van der Waals surface area contributed by atoms with Crippen LogP contribution in [0.4, 0.5) is 0 Å². The van der Waals surface area contributed by atoms with Gasteiger partial charge >= 0.3 is 5.97 Å². The lowest BCUT2D eigenvalue weighted by atomic mass is 9.79. The number of nitrogens with zero attached hydrogens (tertiary/aromatic N) is 1. The van der Waals surface area contributed by atoms with Crippen LogP contribution in [-0.2, 0) is 32.5 Å². The number of carbonyl (C=O) groups excluding carboxylic acids is 1. The van der Waals surface area contributed by atoms with Crippen LogP contribution in [-0.4, -0.2) is 26.0 Å². The average molecular weight is 643 g/mol. The van der Waals surface area contributed by atoms with Crippen molar-refractivity contribution in [3.63, 3.8) is 0 Å². The first-order valence-corrected chi connectivity index (χ1v) is 17.8. The maximum Gasteiger partial charge on any atom is 0.352 e. The molecular formula is C37H42N2O6S. The van der Waals surface area contributed by atoms with Crippen molar-refractivity contribution < 1.29 is 27.2 Å². The van der Waals surface area contributed by atoms with Crippen molar-refractivity contribution in [3.8, 4) is 5.75 Å². The highest BCUT2D eigenvalue weighted by molar-refractivity contribution is 7.89. The predicted octanol–water partition coefficient (Wildman–Crippen LogP) is 7.17. The van der Waals surface area contributed by atoms with Crippen LogP contribution in [0.1, 0.15) is 86.1 Å². The summed E-state index contributed by atoms with van der Waals surface area (Å²) < 4.78 is 41.8. The van der Waals surface area contributed by atoms with Crippen LogP contribution in [0.2, 0.25) is 0 Å². The number of sulfonamides is 1. The Kier molecular flexibility index (Phi) is 9.34. The van der Waals surface area contributed by atoms with Crippen molar-refractivity contribution >= 4 is 27.0 Å². The minimum absolute atomic E-state index is 0.0785. The highest BCUT2D eigenvalue weighted by Gasteiger charge is 2.37. The SMILES string of the molecule is CCCC(NS(=O)(=O)c1ccc(C)cc1)C(=O)ON=c1oc2cc3c(cc2c(C)c1Cc1ccccc1)CCC1(CCCCC1)O3. The van der Waals surface area contributed by atoms with Crippen molar-refractivity contribution in [1.29, 1.82) is 0 Å². The molecule has 4 aromatic rings. The molecule has 1 saturated carbocycles. The van der Waals surface area contributed by atoms with Crippen LogP contribution < -0.4 is 15.0 Å². The van der Waals surface area contributed by atoms with Crippen LogP contribution in [0.3, 0.4) is 0 Å². The van der Waals surface area contributed by atoms with Crippen molar-refractivity contribution in [2.75, 3.05) is 0 Å². The van der Waals surface area contributed by atoms with Crippen LogP contribution in [0.15, 0.2) is 81.2 Å². The number of nitrogens with one attached hydrogen (secondary N) is 1. The minimum Gasteiger partial charge on any atom is -0.487 e.